The molecule has 112 valence electrons. The van der Waals surface area contributed by atoms with E-state index in [0.29, 0.717) is 18.0 Å². The van der Waals surface area contributed by atoms with Gasteiger partial charge in [-0.05, 0) is 6.92 Å². The summed E-state index contributed by atoms with van der Waals surface area (Å²) in [6, 6.07) is 0.685. The number of hydrogen-bond donors (Lipinski definition) is 0. The molecule has 19 heavy (non-hydrogen) atoms. The quantitative estimate of drug-likeness (QED) is 0.268. The predicted molar refractivity (Wildman–Crippen MR) is 75.6 cm³/mol. The molecule has 0 rings (SSSR count). The molecule has 0 aromatic carbocycles. The van der Waals surface area contributed by atoms with Crippen molar-refractivity contribution in [2.24, 2.45) is 0 Å². The maximum absolute atomic E-state index is 11.6. The second kappa shape index (κ2) is 9.25. The molecule has 0 aliphatic heterocycles. The standard InChI is InChI=1S/C13H26O5Si/c1-7-9-12(17-13(14)11(3)4)18-19(15-5,16-6)10-8-2/h12H,3,7-10H2,1-2,4-6H3. The zero-order valence-electron chi connectivity index (χ0n) is 12.7. The van der Waals surface area contributed by atoms with Crippen molar-refractivity contribution in [1.82, 2.24) is 0 Å². The third-order valence-corrected chi connectivity index (χ3v) is 5.58. The van der Waals surface area contributed by atoms with E-state index in [1.165, 1.54) is 0 Å². The molecule has 5 nitrogen and oxygen atoms in total. The molecular weight excluding hydrogens is 264 g/mol. The fourth-order valence-electron chi connectivity index (χ4n) is 1.55. The van der Waals surface area contributed by atoms with Crippen molar-refractivity contribution < 1.29 is 22.8 Å². The molecule has 0 saturated heterocycles. The molecule has 0 bridgehead atoms. The largest absolute Gasteiger partial charge is 0.503 e. The summed E-state index contributed by atoms with van der Waals surface area (Å²) < 4.78 is 22.0. The molecule has 0 N–H and O–H groups in total. The van der Waals surface area contributed by atoms with Crippen LogP contribution in [0.3, 0.4) is 0 Å². The molecular formula is C13H26O5Si. The molecule has 0 spiro atoms. The molecule has 1 atom stereocenters. The molecule has 0 aromatic rings. The first kappa shape index (κ1) is 18.3. The Labute approximate surface area is 117 Å². The molecule has 0 aliphatic rings. The van der Waals surface area contributed by atoms with Crippen LogP contribution in [0.1, 0.15) is 40.0 Å². The molecule has 0 heterocycles. The van der Waals surface area contributed by atoms with Crippen molar-refractivity contribution in [3.05, 3.63) is 12.2 Å². The van der Waals surface area contributed by atoms with Crippen LogP contribution in [-0.4, -0.2) is 35.3 Å². The normalized spacial score (nSPS) is 13.1. The van der Waals surface area contributed by atoms with Gasteiger partial charge in [0.25, 0.3) is 0 Å². The lowest BCUT2D eigenvalue weighted by molar-refractivity contribution is -0.166. The van der Waals surface area contributed by atoms with E-state index in [2.05, 4.69) is 6.58 Å². The lowest BCUT2D eigenvalue weighted by atomic mass is 10.3. The van der Waals surface area contributed by atoms with Crippen LogP contribution in [0.5, 0.6) is 0 Å². The van der Waals surface area contributed by atoms with Gasteiger partial charge >= 0.3 is 14.8 Å². The number of rotatable bonds is 10. The van der Waals surface area contributed by atoms with E-state index >= 15 is 0 Å². The molecule has 6 heteroatoms. The van der Waals surface area contributed by atoms with Crippen LogP contribution >= 0.6 is 0 Å². The van der Waals surface area contributed by atoms with E-state index in [1.54, 1.807) is 21.1 Å². The van der Waals surface area contributed by atoms with Gasteiger partial charge in [0.2, 0.25) is 0 Å². The van der Waals surface area contributed by atoms with E-state index in [4.69, 9.17) is 18.0 Å². The van der Waals surface area contributed by atoms with Crippen LogP contribution < -0.4 is 0 Å². The van der Waals surface area contributed by atoms with Gasteiger partial charge in [-0.1, -0.05) is 33.3 Å². The lowest BCUT2D eigenvalue weighted by Crippen LogP contribution is -2.47. The fraction of sp³-hybridized carbons (Fsp3) is 0.769. The van der Waals surface area contributed by atoms with Gasteiger partial charge in [0.05, 0.1) is 0 Å². The van der Waals surface area contributed by atoms with Gasteiger partial charge < -0.3 is 18.0 Å². The Morgan fingerprint density at radius 3 is 2.16 bits per heavy atom. The van der Waals surface area contributed by atoms with Crippen LogP contribution in [0.25, 0.3) is 0 Å². The molecule has 0 aromatic heterocycles. The van der Waals surface area contributed by atoms with E-state index in [9.17, 15) is 4.79 Å². The zero-order valence-corrected chi connectivity index (χ0v) is 13.7. The number of ether oxygens (including phenoxy) is 1. The predicted octanol–water partition coefficient (Wildman–Crippen LogP) is 2.89. The second-order valence-electron chi connectivity index (χ2n) is 4.36. The molecule has 0 amide bonds. The van der Waals surface area contributed by atoms with Crippen molar-refractivity contribution in [2.45, 2.75) is 52.4 Å². The molecule has 0 fully saturated rings. The highest BCUT2D eigenvalue weighted by molar-refractivity contribution is 6.60. The lowest BCUT2D eigenvalue weighted by Gasteiger charge is -2.30. The van der Waals surface area contributed by atoms with Gasteiger partial charge in [-0.25, -0.2) is 4.79 Å². The van der Waals surface area contributed by atoms with Crippen molar-refractivity contribution in [3.63, 3.8) is 0 Å². The van der Waals surface area contributed by atoms with E-state index < -0.39 is 21.1 Å². The summed E-state index contributed by atoms with van der Waals surface area (Å²) in [4.78, 5) is 11.6. The maximum atomic E-state index is 11.6. The van der Waals surface area contributed by atoms with E-state index in [1.807, 2.05) is 13.8 Å². The summed E-state index contributed by atoms with van der Waals surface area (Å²) in [5.41, 5.74) is 0.349. The number of hydrogen-bond acceptors (Lipinski definition) is 5. The van der Waals surface area contributed by atoms with Crippen LogP contribution in [0.2, 0.25) is 6.04 Å². The Hall–Kier alpha value is -0.693. The fourth-order valence-corrected chi connectivity index (χ4v) is 3.61. The highest BCUT2D eigenvalue weighted by Crippen LogP contribution is 2.21. The molecule has 0 saturated carbocycles. The number of esters is 1. The first-order chi connectivity index (χ1) is 8.94. The summed E-state index contributed by atoms with van der Waals surface area (Å²) in [6.45, 7) is 9.19. The van der Waals surface area contributed by atoms with Crippen LogP contribution in [0, 0.1) is 0 Å². The van der Waals surface area contributed by atoms with E-state index in [0.717, 1.165) is 12.8 Å². The molecule has 0 radical (unpaired) electrons. The van der Waals surface area contributed by atoms with E-state index in [-0.39, 0.29) is 0 Å². The Balaban J connectivity index is 4.77. The average molecular weight is 290 g/mol. The summed E-state index contributed by atoms with van der Waals surface area (Å²) in [5.74, 6) is -0.454. The Kier molecular flexibility index (Phi) is 8.91. The smallest absolute Gasteiger partial charge is 0.433 e. The Morgan fingerprint density at radius 1 is 1.21 bits per heavy atom. The second-order valence-corrected chi connectivity index (χ2v) is 7.28. The highest BCUT2D eigenvalue weighted by Gasteiger charge is 2.41. The van der Waals surface area contributed by atoms with Gasteiger partial charge in [0.15, 0.2) is 6.29 Å². The van der Waals surface area contributed by atoms with Gasteiger partial charge in [0.1, 0.15) is 0 Å². The summed E-state index contributed by atoms with van der Waals surface area (Å²) in [7, 11) is 0.377. The minimum absolute atomic E-state index is 0.349. The monoisotopic (exact) mass is 290 g/mol. The van der Waals surface area contributed by atoms with Crippen molar-refractivity contribution in [1.29, 1.82) is 0 Å². The van der Waals surface area contributed by atoms with Gasteiger partial charge in [-0.15, -0.1) is 0 Å². The van der Waals surface area contributed by atoms with Crippen molar-refractivity contribution >= 4 is 14.8 Å². The first-order valence-corrected chi connectivity index (χ1v) is 8.52. The summed E-state index contributed by atoms with van der Waals surface area (Å²) >= 11 is 0. The van der Waals surface area contributed by atoms with Crippen LogP contribution in [0.15, 0.2) is 12.2 Å². The maximum Gasteiger partial charge on any atom is 0.503 e. The molecule has 1 unspecified atom stereocenters. The van der Waals surface area contributed by atoms with Gasteiger partial charge in [0, 0.05) is 32.3 Å². The average Bonchev–Trinajstić information content (AvgIpc) is 2.38. The topological polar surface area (TPSA) is 54.0 Å². The number of carbonyl (C=O) groups excluding carboxylic acids is 1. The zero-order chi connectivity index (χ0) is 14.9. The first-order valence-electron chi connectivity index (χ1n) is 6.59. The minimum atomic E-state index is -2.75. The van der Waals surface area contributed by atoms with Gasteiger partial charge in [-0.2, -0.15) is 0 Å². The molecule has 0 aliphatic carbocycles. The van der Waals surface area contributed by atoms with Gasteiger partial charge in [-0.3, -0.25) is 0 Å². The Bertz CT molecular complexity index is 289. The van der Waals surface area contributed by atoms with Crippen molar-refractivity contribution in [2.75, 3.05) is 14.2 Å². The highest BCUT2D eigenvalue weighted by atomic mass is 28.4. The Morgan fingerprint density at radius 2 is 1.79 bits per heavy atom. The summed E-state index contributed by atoms with van der Waals surface area (Å²) in [6.07, 6.45) is 1.66. The third kappa shape index (κ3) is 6.33. The van der Waals surface area contributed by atoms with Crippen LogP contribution in [-0.2, 0) is 22.8 Å². The SMILES string of the molecule is C=C(C)C(=O)OC(CCC)O[Si](CCC)(OC)OC. The van der Waals surface area contributed by atoms with Crippen molar-refractivity contribution in [3.8, 4) is 0 Å². The summed E-state index contributed by atoms with van der Waals surface area (Å²) in [5, 5.41) is 0. The third-order valence-electron chi connectivity index (χ3n) is 2.60. The van der Waals surface area contributed by atoms with Crippen LogP contribution in [0.4, 0.5) is 0 Å². The minimum Gasteiger partial charge on any atom is -0.433 e. The number of carbonyl (C=O) groups is 1.